The molecule has 0 bridgehead atoms. The zero-order chi connectivity index (χ0) is 18.9. The fourth-order valence-corrected chi connectivity index (χ4v) is 2.56. The van der Waals surface area contributed by atoms with Gasteiger partial charge in [-0.2, -0.15) is 13.2 Å². The second kappa shape index (κ2) is 4.80. The molecule has 0 spiro atoms. The molecule has 1 fully saturated rings. The maximum atomic E-state index is 13.5. The minimum Gasteiger partial charge on any atom is -0.361 e. The van der Waals surface area contributed by atoms with Crippen molar-refractivity contribution in [3.63, 3.8) is 0 Å². The minimum absolute atomic E-state index is 0.852. The molecule has 4 N–H and O–H groups in total. The second-order valence-electron chi connectivity index (χ2n) is 8.12. The second-order valence-corrected chi connectivity index (χ2v) is 8.12. The first kappa shape index (κ1) is 20.6. The van der Waals surface area contributed by atoms with Crippen LogP contribution in [0.25, 0.3) is 0 Å². The van der Waals surface area contributed by atoms with E-state index in [-0.39, 0.29) is 0 Å². The Morgan fingerprint density at radius 2 is 1.00 bits per heavy atom. The lowest BCUT2D eigenvalue weighted by molar-refractivity contribution is -0.617. The monoisotopic (exact) mass is 346 g/mol. The third kappa shape index (κ3) is 2.58. The molecule has 0 amide bonds. The molecule has 6 nitrogen and oxygen atoms in total. The van der Waals surface area contributed by atoms with Crippen LogP contribution in [0.3, 0.4) is 0 Å². The first-order chi connectivity index (χ1) is 9.66. The summed E-state index contributed by atoms with van der Waals surface area (Å²) >= 11 is 0. The summed E-state index contributed by atoms with van der Waals surface area (Å²) in [5.74, 6) is -13.4. The average molecular weight is 346 g/mol. The maximum absolute atomic E-state index is 13.5. The van der Waals surface area contributed by atoms with E-state index in [2.05, 4.69) is 4.74 Å². The predicted octanol–water partition coefficient (Wildman–Crippen LogP) is 1.46. The Bertz CT molecular complexity index is 478. The van der Waals surface area contributed by atoms with Crippen LogP contribution in [-0.4, -0.2) is 49.8 Å². The van der Waals surface area contributed by atoms with Crippen LogP contribution in [0.1, 0.15) is 48.5 Å². The molecule has 0 saturated carbocycles. The van der Waals surface area contributed by atoms with Crippen LogP contribution in [0.2, 0.25) is 0 Å². The van der Waals surface area contributed by atoms with E-state index in [1.165, 1.54) is 20.8 Å². The summed E-state index contributed by atoms with van der Waals surface area (Å²) in [6, 6.07) is 0. The lowest BCUT2D eigenvalue weighted by Gasteiger charge is -2.62. The summed E-state index contributed by atoms with van der Waals surface area (Å²) in [6.45, 7) is 8.17. The van der Waals surface area contributed by atoms with Crippen LogP contribution in [0, 0.1) is 10.8 Å². The quantitative estimate of drug-likeness (QED) is 0.530. The molecule has 1 heterocycles. The Kier molecular flexibility index (Phi) is 4.30. The maximum Gasteiger partial charge on any atom is 0.449 e. The molecule has 0 aliphatic carbocycles. The van der Waals surface area contributed by atoms with Gasteiger partial charge in [0, 0.05) is 10.8 Å². The first-order valence-electron chi connectivity index (χ1n) is 7.03. The van der Waals surface area contributed by atoms with E-state index in [0.717, 1.165) is 27.7 Å². The van der Waals surface area contributed by atoms with Crippen molar-refractivity contribution in [2.75, 3.05) is 0 Å². The van der Waals surface area contributed by atoms with Gasteiger partial charge in [0.15, 0.2) is 0 Å². The highest BCUT2D eigenvalue weighted by Gasteiger charge is 2.82. The fraction of sp³-hybridized carbons (Fsp3) is 1.00. The number of ether oxygens (including phenoxy) is 2. The van der Waals surface area contributed by atoms with E-state index in [1.807, 2.05) is 0 Å². The van der Waals surface area contributed by atoms with Gasteiger partial charge in [0.25, 0.3) is 0 Å². The Hall–Kier alpha value is -0.450. The number of halogens is 3. The summed E-state index contributed by atoms with van der Waals surface area (Å²) in [5.41, 5.74) is -3.24. The van der Waals surface area contributed by atoms with Crippen molar-refractivity contribution in [1.29, 1.82) is 0 Å². The van der Waals surface area contributed by atoms with E-state index in [1.54, 1.807) is 0 Å². The number of alkyl halides is 3. The van der Waals surface area contributed by atoms with Crippen LogP contribution in [0.15, 0.2) is 0 Å². The van der Waals surface area contributed by atoms with Gasteiger partial charge in [-0.3, -0.25) is 4.74 Å². The van der Waals surface area contributed by atoms with Crippen LogP contribution in [0.5, 0.6) is 0 Å². The van der Waals surface area contributed by atoms with Gasteiger partial charge in [-0.25, -0.2) is 0 Å². The summed E-state index contributed by atoms with van der Waals surface area (Å²) in [6.07, 6.45) is -5.52. The molecule has 4 atom stereocenters. The fourth-order valence-electron chi connectivity index (χ4n) is 2.56. The molecular weight excluding hydrogens is 321 g/mol. The zero-order valence-electron chi connectivity index (χ0n) is 14.2. The lowest BCUT2D eigenvalue weighted by Crippen LogP contribution is -2.83. The van der Waals surface area contributed by atoms with Crippen molar-refractivity contribution in [2.45, 2.75) is 77.8 Å². The first-order valence-corrected chi connectivity index (χ1v) is 7.03. The molecule has 0 aromatic carbocycles. The van der Waals surface area contributed by atoms with Crippen molar-refractivity contribution >= 4 is 0 Å². The number of hydrogen-bond acceptors (Lipinski definition) is 6. The zero-order valence-corrected chi connectivity index (χ0v) is 14.2. The van der Waals surface area contributed by atoms with Gasteiger partial charge in [0.2, 0.25) is 17.4 Å². The molecule has 1 saturated heterocycles. The van der Waals surface area contributed by atoms with Gasteiger partial charge in [0.05, 0.1) is 0 Å². The topological polar surface area (TPSA) is 99.4 Å². The standard InChI is InChI=1S/C14H25F3O6/c1-8(2,3)11(19)10(7,18)22-12(20,9(4,5)6)13(21,23-11)14(15,16)17/h18-21H,1-7H3/t10-,11-,12-,13+/m0/s1. The summed E-state index contributed by atoms with van der Waals surface area (Å²) in [5, 5.41) is 41.7. The summed E-state index contributed by atoms with van der Waals surface area (Å²) < 4.78 is 50.1. The van der Waals surface area contributed by atoms with E-state index in [4.69, 9.17) is 4.74 Å². The smallest absolute Gasteiger partial charge is 0.361 e. The van der Waals surface area contributed by atoms with Gasteiger partial charge >= 0.3 is 12.0 Å². The number of aliphatic hydroxyl groups is 4. The van der Waals surface area contributed by atoms with Gasteiger partial charge in [0.1, 0.15) is 0 Å². The highest BCUT2D eigenvalue weighted by molar-refractivity contribution is 5.09. The van der Waals surface area contributed by atoms with Crippen molar-refractivity contribution in [3.8, 4) is 0 Å². The van der Waals surface area contributed by atoms with Gasteiger partial charge in [-0.15, -0.1) is 0 Å². The third-order valence-electron chi connectivity index (χ3n) is 4.15. The van der Waals surface area contributed by atoms with Gasteiger partial charge in [-0.05, 0) is 6.92 Å². The van der Waals surface area contributed by atoms with Gasteiger partial charge < -0.3 is 25.2 Å². The summed E-state index contributed by atoms with van der Waals surface area (Å²) in [4.78, 5) is 0. The van der Waals surface area contributed by atoms with Gasteiger partial charge in [-0.1, -0.05) is 41.5 Å². The van der Waals surface area contributed by atoms with Crippen LogP contribution >= 0.6 is 0 Å². The molecule has 0 aromatic heterocycles. The molecule has 9 heteroatoms. The van der Waals surface area contributed by atoms with E-state index in [9.17, 15) is 33.6 Å². The van der Waals surface area contributed by atoms with Crippen molar-refractivity contribution < 1.29 is 43.1 Å². The highest BCUT2D eigenvalue weighted by Crippen LogP contribution is 2.59. The number of hydrogen-bond donors (Lipinski definition) is 4. The molecule has 1 aliphatic heterocycles. The van der Waals surface area contributed by atoms with E-state index < -0.39 is 40.2 Å². The van der Waals surface area contributed by atoms with Crippen molar-refractivity contribution in [1.82, 2.24) is 0 Å². The average Bonchev–Trinajstić information content (AvgIpc) is 2.21. The highest BCUT2D eigenvalue weighted by atomic mass is 19.4. The number of rotatable bonds is 0. The third-order valence-corrected chi connectivity index (χ3v) is 4.15. The largest absolute Gasteiger partial charge is 0.449 e. The van der Waals surface area contributed by atoms with E-state index in [0.29, 0.717) is 0 Å². The Balaban J connectivity index is 3.71. The van der Waals surface area contributed by atoms with E-state index >= 15 is 0 Å². The van der Waals surface area contributed by atoms with Crippen molar-refractivity contribution in [3.05, 3.63) is 0 Å². The predicted molar refractivity (Wildman–Crippen MR) is 72.6 cm³/mol. The molecule has 23 heavy (non-hydrogen) atoms. The minimum atomic E-state index is -5.52. The summed E-state index contributed by atoms with van der Waals surface area (Å²) in [7, 11) is 0. The van der Waals surface area contributed by atoms with Crippen LogP contribution in [-0.2, 0) is 9.47 Å². The molecular formula is C14H25F3O6. The van der Waals surface area contributed by atoms with Crippen molar-refractivity contribution in [2.24, 2.45) is 10.8 Å². The Labute approximate surface area is 132 Å². The molecule has 0 radical (unpaired) electrons. The Morgan fingerprint density at radius 3 is 1.26 bits per heavy atom. The van der Waals surface area contributed by atoms with Crippen LogP contribution in [0.4, 0.5) is 13.2 Å². The SMILES string of the molecule is CC(C)(C)[C@]1(O)O[C@@](O)(C(F)(F)F)[C@](O)(C(C)(C)C)O[C@]1(C)O. The molecule has 1 aliphatic rings. The Morgan fingerprint density at radius 1 is 0.652 bits per heavy atom. The normalized spacial score (nSPS) is 43.6. The molecule has 0 unspecified atom stereocenters. The molecule has 138 valence electrons. The van der Waals surface area contributed by atoms with Crippen LogP contribution < -0.4 is 0 Å². The molecule has 0 aromatic rings. The lowest BCUT2D eigenvalue weighted by atomic mass is 9.74. The molecule has 1 rings (SSSR count).